The fourth-order valence-electron chi connectivity index (χ4n) is 3.23. The molecule has 4 nitrogen and oxygen atoms in total. The maximum absolute atomic E-state index is 5.91. The number of aromatic nitrogens is 3. The van der Waals surface area contributed by atoms with Crippen LogP contribution in [0.4, 0.5) is 0 Å². The molecule has 1 atom stereocenters. The summed E-state index contributed by atoms with van der Waals surface area (Å²) in [5, 5.41) is 0. The highest BCUT2D eigenvalue weighted by Gasteiger charge is 2.20. The molecule has 4 rings (SSSR count). The van der Waals surface area contributed by atoms with E-state index in [0.717, 1.165) is 42.1 Å². The molecule has 0 spiro atoms. The maximum atomic E-state index is 5.91. The zero-order valence-corrected chi connectivity index (χ0v) is 13.4. The van der Waals surface area contributed by atoms with Gasteiger partial charge in [0.15, 0.2) is 5.65 Å². The highest BCUT2D eigenvalue weighted by Crippen LogP contribution is 2.24. The van der Waals surface area contributed by atoms with Gasteiger partial charge in [0.1, 0.15) is 11.3 Å². The number of imidazole rings is 1. The lowest BCUT2D eigenvalue weighted by Gasteiger charge is -2.22. The van der Waals surface area contributed by atoms with Gasteiger partial charge in [0, 0.05) is 24.9 Å². The molecule has 1 fully saturated rings. The summed E-state index contributed by atoms with van der Waals surface area (Å²) in [5.74, 6) is 1.04. The molecule has 2 aromatic heterocycles. The van der Waals surface area contributed by atoms with Crippen LogP contribution in [0.3, 0.4) is 0 Å². The monoisotopic (exact) mass is 307 g/mol. The van der Waals surface area contributed by atoms with Gasteiger partial charge in [-0.05, 0) is 50.5 Å². The number of ether oxygens (including phenoxy) is 1. The van der Waals surface area contributed by atoms with Crippen LogP contribution in [-0.4, -0.2) is 27.2 Å². The van der Waals surface area contributed by atoms with Crippen molar-refractivity contribution in [3.63, 3.8) is 0 Å². The van der Waals surface area contributed by atoms with Gasteiger partial charge in [-0.2, -0.15) is 0 Å². The number of pyridine rings is 1. The first-order valence-electron chi connectivity index (χ1n) is 8.32. The summed E-state index contributed by atoms with van der Waals surface area (Å²) in [6.45, 7) is 2.97. The number of rotatable bonds is 3. The van der Waals surface area contributed by atoms with Gasteiger partial charge in [-0.15, -0.1) is 0 Å². The molecule has 4 heteroatoms. The smallest absolute Gasteiger partial charge is 0.164 e. The molecule has 1 saturated heterocycles. The Balaban J connectivity index is 1.79. The molecular weight excluding hydrogens is 286 g/mol. The van der Waals surface area contributed by atoms with Gasteiger partial charge in [-0.3, -0.25) is 4.57 Å². The largest absolute Gasteiger partial charge is 0.378 e. The molecule has 0 N–H and O–H groups in total. The lowest BCUT2D eigenvalue weighted by Crippen LogP contribution is -2.23. The van der Waals surface area contributed by atoms with Crippen molar-refractivity contribution in [2.75, 3.05) is 6.61 Å². The van der Waals surface area contributed by atoms with E-state index in [-0.39, 0.29) is 6.10 Å². The van der Waals surface area contributed by atoms with E-state index >= 15 is 0 Å². The molecule has 118 valence electrons. The van der Waals surface area contributed by atoms with Gasteiger partial charge in [0.25, 0.3) is 0 Å². The third-order valence-corrected chi connectivity index (χ3v) is 4.46. The van der Waals surface area contributed by atoms with Gasteiger partial charge in [0.2, 0.25) is 0 Å². The Kier molecular flexibility index (Phi) is 3.83. The van der Waals surface area contributed by atoms with Crippen molar-refractivity contribution >= 4 is 11.2 Å². The van der Waals surface area contributed by atoms with Gasteiger partial charge < -0.3 is 4.74 Å². The predicted octanol–water partition coefficient (Wildman–Crippen LogP) is 3.84. The third-order valence-electron chi connectivity index (χ3n) is 4.46. The first-order chi connectivity index (χ1) is 11.3. The van der Waals surface area contributed by atoms with Crippen LogP contribution in [0.2, 0.25) is 0 Å². The van der Waals surface area contributed by atoms with Gasteiger partial charge in [0.05, 0.1) is 6.10 Å². The molecule has 0 aliphatic carbocycles. The second-order valence-electron chi connectivity index (χ2n) is 6.24. The van der Waals surface area contributed by atoms with E-state index in [1.54, 1.807) is 0 Å². The Morgan fingerprint density at radius 2 is 2.04 bits per heavy atom. The maximum Gasteiger partial charge on any atom is 0.164 e. The Morgan fingerprint density at radius 1 is 1.17 bits per heavy atom. The number of benzene rings is 1. The predicted molar refractivity (Wildman–Crippen MR) is 90.9 cm³/mol. The van der Waals surface area contributed by atoms with Crippen molar-refractivity contribution in [2.24, 2.45) is 0 Å². The second-order valence-corrected chi connectivity index (χ2v) is 6.24. The Bertz CT molecular complexity index is 801. The highest BCUT2D eigenvalue weighted by atomic mass is 16.5. The molecule has 1 aliphatic rings. The number of fused-ring (bicyclic) bond motifs is 1. The Morgan fingerprint density at radius 3 is 2.83 bits per heavy atom. The highest BCUT2D eigenvalue weighted by molar-refractivity contribution is 5.73. The van der Waals surface area contributed by atoms with Crippen molar-refractivity contribution < 1.29 is 4.74 Å². The quantitative estimate of drug-likeness (QED) is 0.738. The zero-order valence-electron chi connectivity index (χ0n) is 13.4. The van der Waals surface area contributed by atoms with Gasteiger partial charge in [-0.1, -0.05) is 17.7 Å². The molecule has 3 aromatic rings. The summed E-state index contributed by atoms with van der Waals surface area (Å²) in [4.78, 5) is 9.38. The average Bonchev–Trinajstić information content (AvgIpc) is 2.94. The molecule has 1 aliphatic heterocycles. The molecule has 0 amide bonds. The van der Waals surface area contributed by atoms with Crippen LogP contribution in [0.5, 0.6) is 0 Å². The van der Waals surface area contributed by atoms with Crippen molar-refractivity contribution in [3.8, 4) is 5.69 Å². The van der Waals surface area contributed by atoms with E-state index in [9.17, 15) is 0 Å². The molecule has 3 heterocycles. The normalized spacial score (nSPS) is 18.4. The van der Waals surface area contributed by atoms with Crippen LogP contribution in [-0.2, 0) is 11.2 Å². The third kappa shape index (κ3) is 2.86. The molecule has 1 unspecified atom stereocenters. The summed E-state index contributed by atoms with van der Waals surface area (Å²) in [6, 6.07) is 12.5. The minimum absolute atomic E-state index is 0.268. The van der Waals surface area contributed by atoms with E-state index in [4.69, 9.17) is 9.72 Å². The van der Waals surface area contributed by atoms with E-state index < -0.39 is 0 Å². The molecule has 0 radical (unpaired) electrons. The van der Waals surface area contributed by atoms with Crippen LogP contribution in [0.25, 0.3) is 16.9 Å². The number of hydrogen-bond acceptors (Lipinski definition) is 3. The topological polar surface area (TPSA) is 39.9 Å². The Labute approximate surface area is 136 Å². The first-order valence-corrected chi connectivity index (χ1v) is 8.32. The van der Waals surface area contributed by atoms with Crippen LogP contribution >= 0.6 is 0 Å². The summed E-state index contributed by atoms with van der Waals surface area (Å²) in [6.07, 6.45) is 6.47. The van der Waals surface area contributed by atoms with Crippen LogP contribution in [0.15, 0.2) is 42.6 Å². The average molecular weight is 307 g/mol. The second kappa shape index (κ2) is 6.13. The van der Waals surface area contributed by atoms with Crippen molar-refractivity contribution in [2.45, 2.75) is 38.7 Å². The van der Waals surface area contributed by atoms with Gasteiger partial charge in [-0.25, -0.2) is 9.97 Å². The fraction of sp³-hybridized carbons (Fsp3) is 0.368. The summed E-state index contributed by atoms with van der Waals surface area (Å²) < 4.78 is 8.09. The number of aryl methyl sites for hydroxylation is 1. The lowest BCUT2D eigenvalue weighted by molar-refractivity contribution is 0.0155. The van der Waals surface area contributed by atoms with Crippen LogP contribution < -0.4 is 0 Å². The van der Waals surface area contributed by atoms with E-state index in [2.05, 4.69) is 40.7 Å². The van der Waals surface area contributed by atoms with E-state index in [1.165, 1.54) is 18.4 Å². The molecule has 1 aromatic carbocycles. The SMILES string of the molecule is Cc1ccc(-n2c(CC3CCCCO3)nc3cccnc32)cc1. The van der Waals surface area contributed by atoms with E-state index in [0.29, 0.717) is 0 Å². The van der Waals surface area contributed by atoms with Crippen molar-refractivity contribution in [1.82, 2.24) is 14.5 Å². The van der Waals surface area contributed by atoms with Gasteiger partial charge >= 0.3 is 0 Å². The standard InChI is InChI=1S/C19H21N3O/c1-14-7-9-15(10-8-14)22-18(13-16-5-2-3-12-23-16)21-17-6-4-11-20-19(17)22/h4,6-11,16H,2-3,5,12-13H2,1H3. The summed E-state index contributed by atoms with van der Waals surface area (Å²) in [7, 11) is 0. The minimum Gasteiger partial charge on any atom is -0.378 e. The summed E-state index contributed by atoms with van der Waals surface area (Å²) >= 11 is 0. The van der Waals surface area contributed by atoms with Crippen molar-refractivity contribution in [1.29, 1.82) is 0 Å². The molecule has 0 saturated carbocycles. The van der Waals surface area contributed by atoms with Crippen LogP contribution in [0, 0.1) is 6.92 Å². The molecule has 23 heavy (non-hydrogen) atoms. The van der Waals surface area contributed by atoms with Crippen LogP contribution in [0.1, 0.15) is 30.7 Å². The molecule has 0 bridgehead atoms. The lowest BCUT2D eigenvalue weighted by atomic mass is 10.1. The van der Waals surface area contributed by atoms with E-state index in [1.807, 2.05) is 18.3 Å². The first kappa shape index (κ1) is 14.4. The summed E-state index contributed by atoms with van der Waals surface area (Å²) in [5.41, 5.74) is 4.23. The Hall–Kier alpha value is -2.20. The fourth-order valence-corrected chi connectivity index (χ4v) is 3.23. The number of nitrogens with zero attached hydrogens (tertiary/aromatic N) is 3. The number of hydrogen-bond donors (Lipinski definition) is 0. The minimum atomic E-state index is 0.268. The van der Waals surface area contributed by atoms with Crippen molar-refractivity contribution in [3.05, 3.63) is 54.0 Å². The molecular formula is C19H21N3O. The zero-order chi connectivity index (χ0) is 15.6.